The molecule has 4 aromatic rings. The number of benzene rings is 2. The van der Waals surface area contributed by atoms with Gasteiger partial charge in [0.1, 0.15) is 12.1 Å². The van der Waals surface area contributed by atoms with Crippen LogP contribution in [0.3, 0.4) is 0 Å². The SMILES string of the molecule is CCC1CCCCN1CCCNC(=O)Cn1ncc2c3ccccc3n(Cc3ccccc3)c2c1=O. The molecule has 1 atom stereocenters. The molecule has 0 bridgehead atoms. The van der Waals surface area contributed by atoms with Crippen molar-refractivity contribution >= 4 is 27.7 Å². The highest BCUT2D eigenvalue weighted by molar-refractivity contribution is 6.07. The van der Waals surface area contributed by atoms with Crippen molar-refractivity contribution in [2.75, 3.05) is 19.6 Å². The van der Waals surface area contributed by atoms with E-state index in [0.29, 0.717) is 24.6 Å². The molecule has 1 amide bonds. The molecule has 3 heterocycles. The van der Waals surface area contributed by atoms with Gasteiger partial charge in [-0.25, -0.2) is 4.68 Å². The topological polar surface area (TPSA) is 72.2 Å². The fraction of sp³-hybridized carbons (Fsp3) is 0.414. The minimum Gasteiger partial charge on any atom is -0.354 e. The molecule has 1 saturated heterocycles. The predicted octanol–water partition coefficient (Wildman–Crippen LogP) is 4.17. The summed E-state index contributed by atoms with van der Waals surface area (Å²) in [6.45, 7) is 5.52. The van der Waals surface area contributed by atoms with Crippen LogP contribution in [0.2, 0.25) is 0 Å². The molecule has 7 heteroatoms. The monoisotopic (exact) mass is 485 g/mol. The molecular weight excluding hydrogens is 450 g/mol. The van der Waals surface area contributed by atoms with E-state index in [4.69, 9.17) is 0 Å². The van der Waals surface area contributed by atoms with Gasteiger partial charge in [0, 0.05) is 42.0 Å². The molecule has 1 aliphatic heterocycles. The maximum absolute atomic E-state index is 13.5. The molecule has 0 aliphatic carbocycles. The average Bonchev–Trinajstić information content (AvgIpc) is 3.23. The summed E-state index contributed by atoms with van der Waals surface area (Å²) < 4.78 is 3.33. The molecule has 188 valence electrons. The number of aromatic nitrogens is 3. The van der Waals surface area contributed by atoms with Gasteiger partial charge in [-0.15, -0.1) is 0 Å². The number of likely N-dealkylation sites (tertiary alicyclic amines) is 1. The number of para-hydroxylation sites is 1. The van der Waals surface area contributed by atoms with Gasteiger partial charge in [-0.1, -0.05) is 61.9 Å². The van der Waals surface area contributed by atoms with E-state index in [1.807, 2.05) is 47.0 Å². The van der Waals surface area contributed by atoms with Gasteiger partial charge in [-0.2, -0.15) is 5.10 Å². The van der Waals surface area contributed by atoms with E-state index < -0.39 is 0 Å². The lowest BCUT2D eigenvalue weighted by Crippen LogP contribution is -2.41. The molecule has 2 aromatic heterocycles. The minimum atomic E-state index is -0.242. The molecule has 36 heavy (non-hydrogen) atoms. The van der Waals surface area contributed by atoms with Gasteiger partial charge in [0.05, 0.1) is 6.20 Å². The van der Waals surface area contributed by atoms with Gasteiger partial charge < -0.3 is 14.8 Å². The second-order valence-electron chi connectivity index (χ2n) is 9.76. The van der Waals surface area contributed by atoms with E-state index in [2.05, 4.69) is 34.4 Å². The third-order valence-electron chi connectivity index (χ3n) is 7.41. The van der Waals surface area contributed by atoms with E-state index in [-0.39, 0.29) is 18.0 Å². The number of nitrogens with zero attached hydrogens (tertiary/aromatic N) is 4. The number of hydrogen-bond acceptors (Lipinski definition) is 4. The van der Waals surface area contributed by atoms with Crippen molar-refractivity contribution in [2.45, 2.75) is 58.2 Å². The molecule has 1 fully saturated rings. The van der Waals surface area contributed by atoms with Crippen LogP contribution in [-0.2, 0) is 17.9 Å². The summed E-state index contributed by atoms with van der Waals surface area (Å²) in [6.07, 6.45) is 7.68. The van der Waals surface area contributed by atoms with Crippen LogP contribution in [0.25, 0.3) is 21.8 Å². The van der Waals surface area contributed by atoms with Gasteiger partial charge in [0.25, 0.3) is 5.56 Å². The first kappa shape index (κ1) is 24.3. The molecule has 2 aromatic carbocycles. The zero-order valence-corrected chi connectivity index (χ0v) is 21.0. The van der Waals surface area contributed by atoms with E-state index in [1.165, 1.54) is 30.4 Å². The Balaban J connectivity index is 1.31. The second kappa shape index (κ2) is 11.1. The van der Waals surface area contributed by atoms with Gasteiger partial charge in [-0.3, -0.25) is 9.59 Å². The largest absolute Gasteiger partial charge is 0.354 e. The summed E-state index contributed by atoms with van der Waals surface area (Å²) in [4.78, 5) is 28.8. The van der Waals surface area contributed by atoms with Crippen LogP contribution in [0.4, 0.5) is 0 Å². The van der Waals surface area contributed by atoms with E-state index in [0.717, 1.165) is 41.4 Å². The molecular formula is C29H35N5O2. The lowest BCUT2D eigenvalue weighted by atomic mass is 10.00. The first-order valence-electron chi connectivity index (χ1n) is 13.2. The number of fused-ring (bicyclic) bond motifs is 3. The summed E-state index contributed by atoms with van der Waals surface area (Å²) in [5.74, 6) is -0.180. The lowest BCUT2D eigenvalue weighted by Gasteiger charge is -2.35. The Hall–Kier alpha value is -3.45. The van der Waals surface area contributed by atoms with Crippen LogP contribution >= 0.6 is 0 Å². The van der Waals surface area contributed by atoms with Gasteiger partial charge in [0.15, 0.2) is 0 Å². The summed E-state index contributed by atoms with van der Waals surface area (Å²) in [5.41, 5.74) is 2.44. The highest BCUT2D eigenvalue weighted by Crippen LogP contribution is 2.27. The molecule has 0 saturated carbocycles. The molecule has 0 spiro atoms. The quantitative estimate of drug-likeness (QED) is 0.361. The molecule has 1 unspecified atom stereocenters. The fourth-order valence-electron chi connectivity index (χ4n) is 5.56. The Morgan fingerprint density at radius 1 is 1.06 bits per heavy atom. The van der Waals surface area contributed by atoms with Crippen LogP contribution in [-0.4, -0.2) is 50.8 Å². The fourth-order valence-corrected chi connectivity index (χ4v) is 5.56. The van der Waals surface area contributed by atoms with Crippen LogP contribution in [0.5, 0.6) is 0 Å². The molecule has 5 rings (SSSR count). The summed E-state index contributed by atoms with van der Waals surface area (Å²) in [6, 6.07) is 18.8. The normalized spacial score (nSPS) is 16.5. The van der Waals surface area contributed by atoms with Gasteiger partial charge in [-0.05, 0) is 43.9 Å². The lowest BCUT2D eigenvalue weighted by molar-refractivity contribution is -0.121. The first-order chi connectivity index (χ1) is 17.7. The van der Waals surface area contributed by atoms with Crippen molar-refractivity contribution < 1.29 is 4.79 Å². The first-order valence-corrected chi connectivity index (χ1v) is 13.2. The van der Waals surface area contributed by atoms with Crippen molar-refractivity contribution in [1.82, 2.24) is 24.6 Å². The zero-order chi connectivity index (χ0) is 24.9. The smallest absolute Gasteiger partial charge is 0.291 e. The molecule has 1 N–H and O–H groups in total. The van der Waals surface area contributed by atoms with Crippen molar-refractivity contribution in [1.29, 1.82) is 0 Å². The zero-order valence-electron chi connectivity index (χ0n) is 21.0. The summed E-state index contributed by atoms with van der Waals surface area (Å²) in [7, 11) is 0. The van der Waals surface area contributed by atoms with Crippen molar-refractivity contribution in [2.24, 2.45) is 0 Å². The summed E-state index contributed by atoms with van der Waals surface area (Å²) >= 11 is 0. The van der Waals surface area contributed by atoms with Gasteiger partial charge >= 0.3 is 0 Å². The van der Waals surface area contributed by atoms with E-state index in [1.54, 1.807) is 6.20 Å². The predicted molar refractivity (Wildman–Crippen MR) is 144 cm³/mol. The highest BCUT2D eigenvalue weighted by atomic mass is 16.2. The van der Waals surface area contributed by atoms with Crippen LogP contribution in [0.15, 0.2) is 65.6 Å². The second-order valence-corrected chi connectivity index (χ2v) is 9.76. The number of amides is 1. The number of nitrogens with one attached hydrogen (secondary N) is 1. The Labute approximate surface area is 211 Å². The maximum Gasteiger partial charge on any atom is 0.291 e. The van der Waals surface area contributed by atoms with Crippen LogP contribution < -0.4 is 10.9 Å². The Morgan fingerprint density at radius 3 is 2.69 bits per heavy atom. The third kappa shape index (κ3) is 5.07. The maximum atomic E-state index is 13.5. The Bertz CT molecular complexity index is 1390. The molecule has 7 nitrogen and oxygen atoms in total. The number of carbonyl (C=O) groups excluding carboxylic acids is 1. The van der Waals surface area contributed by atoms with Crippen LogP contribution in [0.1, 0.15) is 44.6 Å². The van der Waals surface area contributed by atoms with Crippen molar-refractivity contribution in [3.63, 3.8) is 0 Å². The van der Waals surface area contributed by atoms with E-state index >= 15 is 0 Å². The average molecular weight is 486 g/mol. The Kier molecular flexibility index (Phi) is 7.47. The van der Waals surface area contributed by atoms with Crippen molar-refractivity contribution in [3.8, 4) is 0 Å². The van der Waals surface area contributed by atoms with Gasteiger partial charge in [0.2, 0.25) is 5.91 Å². The van der Waals surface area contributed by atoms with Crippen molar-refractivity contribution in [3.05, 3.63) is 76.7 Å². The molecule has 1 aliphatic rings. The number of piperidine rings is 1. The molecule has 0 radical (unpaired) electrons. The van der Waals surface area contributed by atoms with E-state index in [9.17, 15) is 9.59 Å². The Morgan fingerprint density at radius 2 is 1.86 bits per heavy atom. The minimum absolute atomic E-state index is 0.0804. The van der Waals surface area contributed by atoms with Crippen LogP contribution in [0, 0.1) is 0 Å². The number of hydrogen-bond donors (Lipinski definition) is 1. The third-order valence-corrected chi connectivity index (χ3v) is 7.41. The highest BCUT2D eigenvalue weighted by Gasteiger charge is 2.20. The standard InChI is InChI=1S/C29H35N5O2/c1-2-23-13-8-9-17-32(23)18-10-16-30-27(35)21-34-29(36)28-25(19-31-34)24-14-6-7-15-26(24)33(28)20-22-11-4-3-5-12-22/h3-7,11-12,14-15,19,23H,2,8-10,13,16-18,20-21H2,1H3,(H,30,35). The summed E-state index contributed by atoms with van der Waals surface area (Å²) in [5, 5.41) is 9.16. The number of rotatable bonds is 9. The number of carbonyl (C=O) groups is 1.